The quantitative estimate of drug-likeness (QED) is 0.764. The Morgan fingerprint density at radius 1 is 1.50 bits per heavy atom. The first kappa shape index (κ1) is 11.9. The van der Waals surface area contributed by atoms with Crippen molar-refractivity contribution in [3.8, 4) is 0 Å². The second-order valence-corrected chi connectivity index (χ2v) is 5.97. The summed E-state index contributed by atoms with van der Waals surface area (Å²) in [6.45, 7) is 9.99. The van der Waals surface area contributed by atoms with E-state index in [2.05, 4.69) is 38.0 Å². The van der Waals surface area contributed by atoms with E-state index in [-0.39, 0.29) is 0 Å². The van der Waals surface area contributed by atoms with Crippen molar-refractivity contribution in [2.24, 2.45) is 10.4 Å². The average Bonchev–Trinajstić information content (AvgIpc) is 2.14. The molecule has 1 atom stereocenters. The molecule has 2 nitrogen and oxygen atoms in total. The minimum absolute atomic E-state index is 0.341. The normalized spacial score (nSPS) is 26.3. The molecule has 0 radical (unpaired) electrons. The van der Waals surface area contributed by atoms with Gasteiger partial charge in [0, 0.05) is 18.3 Å². The molecule has 1 rings (SSSR count). The van der Waals surface area contributed by atoms with Gasteiger partial charge in [0.25, 0.3) is 0 Å². The summed E-state index contributed by atoms with van der Waals surface area (Å²) < 4.78 is 0. The van der Waals surface area contributed by atoms with Crippen molar-refractivity contribution in [3.63, 3.8) is 0 Å². The molecule has 0 spiro atoms. The molecule has 1 fully saturated rings. The molecule has 14 heavy (non-hydrogen) atoms. The monoisotopic (exact) mass is 214 g/mol. The lowest BCUT2D eigenvalue weighted by atomic mass is 9.85. The van der Waals surface area contributed by atoms with E-state index >= 15 is 0 Å². The first-order valence-electron chi connectivity index (χ1n) is 5.48. The summed E-state index contributed by atoms with van der Waals surface area (Å²) in [4.78, 5) is 4.53. The van der Waals surface area contributed by atoms with Gasteiger partial charge < -0.3 is 5.32 Å². The van der Waals surface area contributed by atoms with Gasteiger partial charge in [0.15, 0.2) is 5.17 Å². The van der Waals surface area contributed by atoms with Crippen molar-refractivity contribution in [1.29, 1.82) is 0 Å². The third-order valence-corrected chi connectivity index (χ3v) is 3.43. The Bertz CT molecular complexity index is 206. The van der Waals surface area contributed by atoms with E-state index < -0.39 is 0 Å². The molecule has 1 aliphatic rings. The molecular weight excluding hydrogens is 192 g/mol. The Morgan fingerprint density at radius 2 is 2.21 bits per heavy atom. The lowest BCUT2D eigenvalue weighted by Crippen LogP contribution is -2.46. The van der Waals surface area contributed by atoms with Gasteiger partial charge in [0.2, 0.25) is 0 Å². The maximum atomic E-state index is 4.53. The summed E-state index contributed by atoms with van der Waals surface area (Å²) in [6, 6.07) is 0.583. The van der Waals surface area contributed by atoms with Crippen LogP contribution in [0.4, 0.5) is 0 Å². The molecule has 1 N–H and O–H groups in total. The standard InChI is InChI=1S/C11H22N2S/c1-5-7-12-10-13-9(6-8-14-10)11(2,3)4/h9H,5-8H2,1-4H3,(H,12,13). The second-order valence-electron chi connectivity index (χ2n) is 4.89. The number of hydrogen-bond acceptors (Lipinski definition) is 2. The molecule has 82 valence electrons. The highest BCUT2D eigenvalue weighted by Gasteiger charge is 2.28. The zero-order valence-electron chi connectivity index (χ0n) is 9.76. The van der Waals surface area contributed by atoms with Crippen LogP contribution in [-0.4, -0.2) is 23.5 Å². The Hall–Kier alpha value is -0.180. The number of amidine groups is 1. The number of hydrogen-bond donors (Lipinski definition) is 1. The molecule has 1 aliphatic heterocycles. The fourth-order valence-electron chi connectivity index (χ4n) is 1.49. The number of nitrogens with zero attached hydrogens (tertiary/aromatic N) is 1. The van der Waals surface area contributed by atoms with E-state index in [1.165, 1.54) is 12.2 Å². The molecular formula is C11H22N2S. The van der Waals surface area contributed by atoms with E-state index in [0.29, 0.717) is 11.5 Å². The summed E-state index contributed by atoms with van der Waals surface area (Å²) in [5.74, 6) is 1.21. The first-order chi connectivity index (χ1) is 6.54. The summed E-state index contributed by atoms with van der Waals surface area (Å²) in [5, 5.41) is 4.69. The molecule has 1 heterocycles. The smallest absolute Gasteiger partial charge is 0.156 e. The lowest BCUT2D eigenvalue weighted by molar-refractivity contribution is 0.290. The molecule has 0 aromatic carbocycles. The maximum Gasteiger partial charge on any atom is 0.156 e. The van der Waals surface area contributed by atoms with Crippen molar-refractivity contribution in [2.75, 3.05) is 12.3 Å². The van der Waals surface area contributed by atoms with Gasteiger partial charge in [-0.25, -0.2) is 0 Å². The molecule has 0 aromatic heterocycles. The van der Waals surface area contributed by atoms with E-state index in [0.717, 1.165) is 18.1 Å². The van der Waals surface area contributed by atoms with E-state index in [1.807, 2.05) is 11.8 Å². The molecule has 1 unspecified atom stereocenters. The number of thioether (sulfide) groups is 1. The number of aliphatic imine (C=N–C) groups is 1. The van der Waals surface area contributed by atoms with Crippen molar-refractivity contribution < 1.29 is 0 Å². The van der Waals surface area contributed by atoms with Crippen LogP contribution in [0.2, 0.25) is 0 Å². The van der Waals surface area contributed by atoms with Crippen LogP contribution in [0.5, 0.6) is 0 Å². The van der Waals surface area contributed by atoms with Gasteiger partial charge in [-0.1, -0.05) is 39.5 Å². The molecule has 1 saturated heterocycles. The Balaban J connectivity index is 2.52. The third-order valence-electron chi connectivity index (χ3n) is 2.47. The molecule has 0 amide bonds. The van der Waals surface area contributed by atoms with Gasteiger partial charge >= 0.3 is 0 Å². The molecule has 0 bridgehead atoms. The van der Waals surface area contributed by atoms with Gasteiger partial charge in [-0.2, -0.15) is 0 Å². The fourth-order valence-corrected chi connectivity index (χ4v) is 2.45. The highest BCUT2D eigenvalue weighted by atomic mass is 32.2. The second kappa shape index (κ2) is 5.06. The molecule has 0 saturated carbocycles. The van der Waals surface area contributed by atoms with Crippen molar-refractivity contribution in [3.05, 3.63) is 0 Å². The summed E-state index contributed by atoms with van der Waals surface area (Å²) in [5.41, 5.74) is 0.341. The lowest BCUT2D eigenvalue weighted by Gasteiger charge is -2.35. The predicted molar refractivity (Wildman–Crippen MR) is 66.0 cm³/mol. The summed E-state index contributed by atoms with van der Waals surface area (Å²) >= 11 is 1.86. The highest BCUT2D eigenvalue weighted by molar-refractivity contribution is 8.13. The summed E-state index contributed by atoms with van der Waals surface area (Å²) in [7, 11) is 0. The van der Waals surface area contributed by atoms with Crippen LogP contribution in [0.15, 0.2) is 4.99 Å². The SMILES string of the molecule is CCCN=C1NC(C(C)(C)C)CCS1. The molecule has 0 aromatic rings. The zero-order valence-corrected chi connectivity index (χ0v) is 10.6. The van der Waals surface area contributed by atoms with Gasteiger partial charge in [-0.05, 0) is 18.3 Å². The van der Waals surface area contributed by atoms with Gasteiger partial charge in [-0.3, -0.25) is 4.99 Å². The van der Waals surface area contributed by atoms with Crippen molar-refractivity contribution in [2.45, 2.75) is 46.6 Å². The Kier molecular flexibility index (Phi) is 4.30. The average molecular weight is 214 g/mol. The van der Waals surface area contributed by atoms with Gasteiger partial charge in [-0.15, -0.1) is 0 Å². The number of nitrogens with one attached hydrogen (secondary N) is 1. The van der Waals surface area contributed by atoms with Crippen LogP contribution in [0.1, 0.15) is 40.5 Å². The van der Waals surface area contributed by atoms with Crippen LogP contribution < -0.4 is 5.32 Å². The van der Waals surface area contributed by atoms with Gasteiger partial charge in [0.05, 0.1) is 0 Å². The fraction of sp³-hybridized carbons (Fsp3) is 0.909. The number of rotatable bonds is 2. The van der Waals surface area contributed by atoms with Gasteiger partial charge in [0.1, 0.15) is 0 Å². The minimum Gasteiger partial charge on any atom is -0.362 e. The first-order valence-corrected chi connectivity index (χ1v) is 6.46. The largest absolute Gasteiger partial charge is 0.362 e. The minimum atomic E-state index is 0.341. The summed E-state index contributed by atoms with van der Waals surface area (Å²) in [6.07, 6.45) is 2.38. The van der Waals surface area contributed by atoms with E-state index in [1.54, 1.807) is 0 Å². The Morgan fingerprint density at radius 3 is 2.79 bits per heavy atom. The third kappa shape index (κ3) is 3.52. The van der Waals surface area contributed by atoms with Crippen LogP contribution in [0.25, 0.3) is 0 Å². The van der Waals surface area contributed by atoms with E-state index in [4.69, 9.17) is 0 Å². The maximum absolute atomic E-state index is 4.53. The van der Waals surface area contributed by atoms with Crippen LogP contribution in [0.3, 0.4) is 0 Å². The van der Waals surface area contributed by atoms with Crippen LogP contribution >= 0.6 is 11.8 Å². The van der Waals surface area contributed by atoms with Crippen molar-refractivity contribution in [1.82, 2.24) is 5.32 Å². The highest BCUT2D eigenvalue weighted by Crippen LogP contribution is 2.27. The Labute approximate surface area is 92.0 Å². The topological polar surface area (TPSA) is 24.4 Å². The molecule has 0 aliphatic carbocycles. The van der Waals surface area contributed by atoms with Crippen LogP contribution in [-0.2, 0) is 0 Å². The van der Waals surface area contributed by atoms with E-state index in [9.17, 15) is 0 Å². The van der Waals surface area contributed by atoms with Crippen LogP contribution in [0, 0.1) is 5.41 Å². The predicted octanol–water partition coefficient (Wildman–Crippen LogP) is 2.89. The molecule has 3 heteroatoms. The zero-order chi connectivity index (χ0) is 10.6. The van der Waals surface area contributed by atoms with Crippen molar-refractivity contribution >= 4 is 16.9 Å².